The first-order chi connectivity index (χ1) is 21.7. The van der Waals surface area contributed by atoms with Gasteiger partial charge in [0.15, 0.2) is 11.0 Å². The predicted molar refractivity (Wildman–Crippen MR) is 185 cm³/mol. The first-order valence-electron chi connectivity index (χ1n) is 15.5. The third kappa shape index (κ3) is 7.56. The van der Waals surface area contributed by atoms with E-state index in [1.165, 1.54) is 0 Å². The van der Waals surface area contributed by atoms with E-state index in [1.807, 2.05) is 24.5 Å². The largest absolute Gasteiger partial charge is 0.496 e. The minimum atomic E-state index is -3.67. The molecule has 4 heterocycles. The van der Waals surface area contributed by atoms with Gasteiger partial charge in [-0.1, -0.05) is 11.6 Å². The Balaban J connectivity index is 1.56. The van der Waals surface area contributed by atoms with Crippen molar-refractivity contribution in [3.63, 3.8) is 0 Å². The van der Waals surface area contributed by atoms with Crippen molar-refractivity contribution in [1.29, 1.82) is 0 Å². The molecular weight excluding hydrogens is 628 g/mol. The molecule has 0 spiro atoms. The lowest BCUT2D eigenvalue weighted by Gasteiger charge is -2.42. The summed E-state index contributed by atoms with van der Waals surface area (Å²) in [5.74, 6) is 1.99. The maximum Gasteiger partial charge on any atom is 0.230 e. The van der Waals surface area contributed by atoms with Gasteiger partial charge in [0.2, 0.25) is 16.0 Å². The van der Waals surface area contributed by atoms with Crippen LogP contribution in [0, 0.1) is 6.92 Å². The van der Waals surface area contributed by atoms with Crippen LogP contribution in [0.25, 0.3) is 11.1 Å². The molecule has 5 rings (SSSR count). The fraction of sp³-hybridized carbons (Fsp3) is 0.548. The average Bonchev–Trinajstić information content (AvgIpc) is 3.00. The lowest BCUT2D eigenvalue weighted by Crippen LogP contribution is -2.55. The second-order valence-corrected chi connectivity index (χ2v) is 14.6. The molecule has 3 aromatic rings. The van der Waals surface area contributed by atoms with Gasteiger partial charge in [0.1, 0.15) is 17.3 Å². The highest BCUT2D eigenvalue weighted by Crippen LogP contribution is 2.42. The Hall–Kier alpha value is -3.46. The summed E-state index contributed by atoms with van der Waals surface area (Å²) in [7, 11) is 0.130. The summed E-state index contributed by atoms with van der Waals surface area (Å²) in [6, 6.07) is 5.19. The number of likely N-dealkylation sites (N-methyl/N-ethyl adjacent to an activating group) is 1. The summed E-state index contributed by atoms with van der Waals surface area (Å²) in [4.78, 5) is 27.6. The number of aromatic nitrogens is 4. The van der Waals surface area contributed by atoms with E-state index >= 15 is 0 Å². The van der Waals surface area contributed by atoms with Crippen LogP contribution in [0.3, 0.4) is 0 Å². The van der Waals surface area contributed by atoms with Crippen molar-refractivity contribution >= 4 is 50.5 Å². The van der Waals surface area contributed by atoms with Crippen molar-refractivity contribution in [2.75, 3.05) is 79.5 Å². The molecule has 15 heteroatoms. The van der Waals surface area contributed by atoms with Crippen LogP contribution in [-0.4, -0.2) is 116 Å². The highest BCUT2D eigenvalue weighted by Gasteiger charge is 2.29. The predicted octanol–water partition coefficient (Wildman–Crippen LogP) is 4.08. The van der Waals surface area contributed by atoms with Crippen molar-refractivity contribution in [3.8, 4) is 16.9 Å². The highest BCUT2D eigenvalue weighted by molar-refractivity contribution is 7.92. The Labute approximate surface area is 277 Å². The van der Waals surface area contributed by atoms with Crippen LogP contribution in [0.4, 0.5) is 28.8 Å². The number of nitrogens with zero attached hydrogens (tertiary/aromatic N) is 8. The Morgan fingerprint density at radius 2 is 1.63 bits per heavy atom. The minimum absolute atomic E-state index is 0.00205. The standard InChI is InChI=1S/C31H45ClN10O3S/c1-19(2)40-9-11-41(12-10-40)26-14-27(45-7)24(23-15-33-31(34-16-23)42-17-20(3)39(6)21(4)18-42)13-25(26)37-30-28(38-46(8,43)44)29(32)35-22(5)36-30/h13-16,19-21,38H,9-12,17-18H2,1-8H3,(H,35,36,37)/t20-,21+. The molecule has 2 aliphatic heterocycles. The Morgan fingerprint density at radius 3 is 2.20 bits per heavy atom. The van der Waals surface area contributed by atoms with Gasteiger partial charge in [-0.15, -0.1) is 0 Å². The van der Waals surface area contributed by atoms with Crippen molar-refractivity contribution in [2.45, 2.75) is 52.7 Å². The van der Waals surface area contributed by atoms with Crippen molar-refractivity contribution < 1.29 is 13.2 Å². The van der Waals surface area contributed by atoms with E-state index in [9.17, 15) is 8.42 Å². The van der Waals surface area contributed by atoms with Gasteiger partial charge in [-0.05, 0) is 47.7 Å². The summed E-state index contributed by atoms with van der Waals surface area (Å²) in [5, 5.41) is 3.39. The lowest BCUT2D eigenvalue weighted by atomic mass is 10.0. The monoisotopic (exact) mass is 672 g/mol. The van der Waals surface area contributed by atoms with Crippen molar-refractivity contribution in [2.24, 2.45) is 0 Å². The molecule has 46 heavy (non-hydrogen) atoms. The number of halogens is 1. The molecule has 1 aromatic carbocycles. The summed E-state index contributed by atoms with van der Waals surface area (Å²) < 4.78 is 32.9. The maximum absolute atomic E-state index is 12.3. The van der Waals surface area contributed by atoms with Crippen LogP contribution < -0.4 is 24.6 Å². The molecule has 0 radical (unpaired) electrons. The third-order valence-corrected chi connectivity index (χ3v) is 9.66. The number of benzene rings is 1. The number of hydrogen-bond acceptors (Lipinski definition) is 12. The van der Waals surface area contributed by atoms with Gasteiger partial charge in [-0.25, -0.2) is 28.4 Å². The smallest absolute Gasteiger partial charge is 0.230 e. The Morgan fingerprint density at radius 1 is 1.00 bits per heavy atom. The van der Waals surface area contributed by atoms with Crippen LogP contribution in [0.15, 0.2) is 24.5 Å². The van der Waals surface area contributed by atoms with Gasteiger partial charge in [0.05, 0.1) is 24.7 Å². The molecule has 2 atom stereocenters. The zero-order chi connectivity index (χ0) is 33.3. The summed E-state index contributed by atoms with van der Waals surface area (Å²) in [5.41, 5.74) is 3.22. The van der Waals surface area contributed by atoms with Gasteiger partial charge in [0.25, 0.3) is 0 Å². The van der Waals surface area contributed by atoms with Crippen LogP contribution in [0.1, 0.15) is 33.5 Å². The molecule has 2 fully saturated rings. The first kappa shape index (κ1) is 33.9. The number of ether oxygens (including phenoxy) is 1. The number of nitrogens with one attached hydrogen (secondary N) is 2. The van der Waals surface area contributed by atoms with Crippen LogP contribution >= 0.6 is 11.6 Å². The number of piperazine rings is 2. The van der Waals surface area contributed by atoms with Gasteiger partial charge in [0, 0.05) is 87.0 Å². The number of hydrogen-bond donors (Lipinski definition) is 2. The summed E-state index contributed by atoms with van der Waals surface area (Å²) in [6.07, 6.45) is 4.70. The van der Waals surface area contributed by atoms with Crippen LogP contribution in [0.5, 0.6) is 5.75 Å². The van der Waals surface area contributed by atoms with E-state index in [0.29, 0.717) is 41.3 Å². The molecule has 2 saturated heterocycles. The Kier molecular flexibility index (Phi) is 10.1. The third-order valence-electron chi connectivity index (χ3n) is 8.81. The molecule has 2 N–H and O–H groups in total. The fourth-order valence-corrected chi connectivity index (χ4v) is 6.91. The number of anilines is 5. The van der Waals surface area contributed by atoms with Gasteiger partial charge in [-0.3, -0.25) is 14.5 Å². The number of sulfonamides is 1. The van der Waals surface area contributed by atoms with Gasteiger partial charge < -0.3 is 19.9 Å². The molecule has 0 amide bonds. The van der Waals surface area contributed by atoms with E-state index in [2.05, 4.69) is 74.3 Å². The zero-order valence-corrected chi connectivity index (χ0v) is 29.4. The maximum atomic E-state index is 12.3. The summed E-state index contributed by atoms with van der Waals surface area (Å²) >= 11 is 6.44. The average molecular weight is 673 g/mol. The SMILES string of the molecule is COc1cc(N2CCN(C(C)C)CC2)c(Nc2nc(C)nc(Cl)c2NS(C)(=O)=O)cc1-c1cnc(N2C[C@@H](C)N(C)[C@@H](C)C2)nc1. The van der Waals surface area contributed by atoms with Crippen LogP contribution in [-0.2, 0) is 10.0 Å². The molecule has 0 unspecified atom stereocenters. The van der Waals surface area contributed by atoms with E-state index in [1.54, 1.807) is 14.0 Å². The quantitative estimate of drug-likeness (QED) is 0.318. The second-order valence-electron chi connectivity index (χ2n) is 12.5. The molecule has 0 aliphatic carbocycles. The summed E-state index contributed by atoms with van der Waals surface area (Å²) in [6.45, 7) is 15.6. The zero-order valence-electron chi connectivity index (χ0n) is 27.9. The molecule has 13 nitrogen and oxygen atoms in total. The number of methoxy groups -OCH3 is 1. The van der Waals surface area contributed by atoms with Crippen molar-refractivity contribution in [1.82, 2.24) is 29.7 Å². The fourth-order valence-electron chi connectivity index (χ4n) is 6.03. The molecule has 0 saturated carbocycles. The van der Waals surface area contributed by atoms with E-state index in [4.69, 9.17) is 26.3 Å². The lowest BCUT2D eigenvalue weighted by molar-refractivity contribution is 0.169. The van der Waals surface area contributed by atoms with E-state index in [-0.39, 0.29) is 16.7 Å². The molecule has 2 aliphatic rings. The molecule has 2 aromatic heterocycles. The van der Waals surface area contributed by atoms with Gasteiger partial charge in [-0.2, -0.15) is 0 Å². The normalized spacial score (nSPS) is 19.9. The highest BCUT2D eigenvalue weighted by atomic mass is 35.5. The van der Waals surface area contributed by atoms with E-state index < -0.39 is 10.0 Å². The Bertz CT molecular complexity index is 1640. The van der Waals surface area contributed by atoms with Crippen LogP contribution in [0.2, 0.25) is 5.15 Å². The molecule has 0 bridgehead atoms. The number of rotatable bonds is 9. The number of aryl methyl sites for hydroxylation is 1. The molecule has 250 valence electrons. The molecular formula is C31H45ClN10O3S. The van der Waals surface area contributed by atoms with Crippen molar-refractivity contribution in [3.05, 3.63) is 35.5 Å². The topological polar surface area (TPSA) is 132 Å². The van der Waals surface area contributed by atoms with Gasteiger partial charge >= 0.3 is 0 Å². The second kappa shape index (κ2) is 13.7. The van der Waals surface area contributed by atoms with E-state index in [0.717, 1.165) is 62.3 Å². The first-order valence-corrected chi connectivity index (χ1v) is 17.8. The minimum Gasteiger partial charge on any atom is -0.496 e.